The highest BCUT2D eigenvalue weighted by Gasteiger charge is 2.12. The van der Waals surface area contributed by atoms with Gasteiger partial charge in [-0.3, -0.25) is 15.6 Å². The normalized spacial score (nSPS) is 10.4. The number of hydrogen-bond acceptors (Lipinski definition) is 4. The van der Waals surface area contributed by atoms with Crippen LogP contribution in [0.5, 0.6) is 0 Å². The van der Waals surface area contributed by atoms with Gasteiger partial charge in [0.25, 0.3) is 0 Å². The minimum Gasteiger partial charge on any atom is -0.356 e. The Bertz CT molecular complexity index is 896. The van der Waals surface area contributed by atoms with Gasteiger partial charge in [-0.25, -0.2) is 0 Å². The first-order valence-corrected chi connectivity index (χ1v) is 7.85. The minimum atomic E-state index is -0.288. The van der Waals surface area contributed by atoms with Crippen LogP contribution in [0.4, 0.5) is 5.69 Å². The molecule has 0 atom stereocenters. The highest BCUT2D eigenvalue weighted by atomic mass is 35.5. The van der Waals surface area contributed by atoms with Crippen LogP contribution in [0.15, 0.2) is 53.1 Å². The molecule has 1 heterocycles. The molecule has 0 radical (unpaired) electrons. The van der Waals surface area contributed by atoms with E-state index in [0.717, 1.165) is 11.1 Å². The van der Waals surface area contributed by atoms with Gasteiger partial charge in [0.2, 0.25) is 5.91 Å². The summed E-state index contributed by atoms with van der Waals surface area (Å²) in [6.45, 7) is 0. The van der Waals surface area contributed by atoms with E-state index < -0.39 is 0 Å². The maximum atomic E-state index is 12.0. The van der Waals surface area contributed by atoms with Crippen molar-refractivity contribution < 1.29 is 9.32 Å². The molecule has 0 saturated heterocycles. The Labute approximate surface area is 148 Å². The molecule has 0 spiro atoms. The number of hydrazine groups is 1. The number of fused-ring (bicyclic) bond motifs is 1. The molecule has 0 saturated carbocycles. The van der Waals surface area contributed by atoms with Crippen LogP contribution < -0.4 is 16.2 Å². The number of benzene rings is 2. The summed E-state index contributed by atoms with van der Waals surface area (Å²) in [7, 11) is 0. The van der Waals surface area contributed by atoms with E-state index in [-0.39, 0.29) is 17.4 Å². The second kappa shape index (κ2) is 7.29. The van der Waals surface area contributed by atoms with Gasteiger partial charge in [0, 0.05) is 16.1 Å². The van der Waals surface area contributed by atoms with Crippen molar-refractivity contribution in [2.24, 2.45) is 0 Å². The summed E-state index contributed by atoms with van der Waals surface area (Å²) in [5, 5.41) is 8.47. The van der Waals surface area contributed by atoms with E-state index in [1.165, 1.54) is 0 Å². The molecule has 3 aromatic rings. The quantitative estimate of drug-likeness (QED) is 0.492. The number of thiocarbonyl (C=S) groups is 1. The molecule has 3 rings (SSSR count). The number of carbonyl (C=O) groups is 1. The molecule has 1 aromatic heterocycles. The maximum Gasteiger partial charge on any atom is 0.244 e. The molecular formula is C16H13ClN4O2S. The van der Waals surface area contributed by atoms with Crippen LogP contribution in [0.1, 0.15) is 5.69 Å². The molecule has 8 heteroatoms. The standard InChI is InChI=1S/C16H13ClN4O2S/c17-10-4-3-5-11(8-10)18-16(24)20-19-15(22)9-13-12-6-1-2-7-14(12)23-21-13/h1-8H,9H2,(H,19,22)(H2,18,20,24). The van der Waals surface area contributed by atoms with Crippen molar-refractivity contribution in [3.05, 3.63) is 59.2 Å². The average molecular weight is 361 g/mol. The third-order valence-corrected chi connectivity index (χ3v) is 3.62. The van der Waals surface area contributed by atoms with Gasteiger partial charge in [0.15, 0.2) is 10.7 Å². The Morgan fingerprint density at radius 3 is 2.83 bits per heavy atom. The Hall–Kier alpha value is -2.64. The Balaban J connectivity index is 1.53. The number of carbonyl (C=O) groups excluding carboxylic acids is 1. The number of nitrogens with zero attached hydrogens (tertiary/aromatic N) is 1. The molecule has 6 nitrogen and oxygen atoms in total. The van der Waals surface area contributed by atoms with E-state index in [1.54, 1.807) is 24.3 Å². The fraction of sp³-hybridized carbons (Fsp3) is 0.0625. The minimum absolute atomic E-state index is 0.0732. The van der Waals surface area contributed by atoms with Gasteiger partial charge in [-0.2, -0.15) is 0 Å². The van der Waals surface area contributed by atoms with Crippen molar-refractivity contribution in [1.82, 2.24) is 16.0 Å². The smallest absolute Gasteiger partial charge is 0.244 e. The molecule has 0 aliphatic carbocycles. The maximum absolute atomic E-state index is 12.0. The van der Waals surface area contributed by atoms with Gasteiger partial charge in [-0.15, -0.1) is 0 Å². The Kier molecular flexibility index (Phi) is 4.93. The molecule has 0 fully saturated rings. The largest absolute Gasteiger partial charge is 0.356 e. The molecule has 122 valence electrons. The highest BCUT2D eigenvalue weighted by Crippen LogP contribution is 2.18. The lowest BCUT2D eigenvalue weighted by molar-refractivity contribution is -0.121. The van der Waals surface area contributed by atoms with Crippen molar-refractivity contribution in [1.29, 1.82) is 0 Å². The van der Waals surface area contributed by atoms with Crippen molar-refractivity contribution in [3.63, 3.8) is 0 Å². The molecule has 24 heavy (non-hydrogen) atoms. The van der Waals surface area contributed by atoms with E-state index in [4.69, 9.17) is 28.3 Å². The molecule has 3 N–H and O–H groups in total. The molecule has 1 amide bonds. The summed E-state index contributed by atoms with van der Waals surface area (Å²) in [5.74, 6) is -0.288. The zero-order valence-electron chi connectivity index (χ0n) is 12.4. The fourth-order valence-corrected chi connectivity index (χ4v) is 2.48. The Morgan fingerprint density at radius 1 is 1.17 bits per heavy atom. The SMILES string of the molecule is O=C(Cc1noc2ccccc12)NNC(=S)Nc1cccc(Cl)c1. The van der Waals surface area contributed by atoms with E-state index >= 15 is 0 Å². The van der Waals surface area contributed by atoms with Crippen LogP contribution in [-0.2, 0) is 11.2 Å². The number of halogens is 1. The predicted octanol–water partition coefficient (Wildman–Crippen LogP) is 3.04. The average Bonchev–Trinajstić information content (AvgIpc) is 2.96. The third kappa shape index (κ3) is 4.01. The highest BCUT2D eigenvalue weighted by molar-refractivity contribution is 7.80. The lowest BCUT2D eigenvalue weighted by Crippen LogP contribution is -2.44. The second-order valence-electron chi connectivity index (χ2n) is 4.94. The van der Waals surface area contributed by atoms with Crippen molar-refractivity contribution in [3.8, 4) is 0 Å². The summed E-state index contributed by atoms with van der Waals surface area (Å²) in [6, 6.07) is 14.4. The zero-order valence-corrected chi connectivity index (χ0v) is 13.9. The van der Waals surface area contributed by atoms with Crippen molar-refractivity contribution in [2.75, 3.05) is 5.32 Å². The molecular weight excluding hydrogens is 348 g/mol. The number of amides is 1. The number of anilines is 1. The van der Waals surface area contributed by atoms with Crippen LogP contribution in [0.2, 0.25) is 5.02 Å². The van der Waals surface area contributed by atoms with Gasteiger partial charge >= 0.3 is 0 Å². The topological polar surface area (TPSA) is 79.2 Å². The fourth-order valence-electron chi connectivity index (χ4n) is 2.12. The van der Waals surface area contributed by atoms with Crippen molar-refractivity contribution >= 4 is 51.5 Å². The first-order valence-electron chi connectivity index (χ1n) is 7.06. The monoisotopic (exact) mass is 360 g/mol. The molecule has 0 aliphatic heterocycles. The summed E-state index contributed by atoms with van der Waals surface area (Å²) in [6.07, 6.45) is 0.0732. The summed E-state index contributed by atoms with van der Waals surface area (Å²) in [5.41, 5.74) is 7.08. The summed E-state index contributed by atoms with van der Waals surface area (Å²) < 4.78 is 5.16. The van der Waals surface area contributed by atoms with Gasteiger partial charge in [-0.1, -0.05) is 35.0 Å². The summed E-state index contributed by atoms with van der Waals surface area (Å²) >= 11 is 11.0. The van der Waals surface area contributed by atoms with Gasteiger partial charge in [0.05, 0.1) is 6.42 Å². The number of nitrogens with one attached hydrogen (secondary N) is 3. The molecule has 0 bridgehead atoms. The van der Waals surface area contributed by atoms with Gasteiger partial charge in [-0.05, 0) is 42.5 Å². The van der Waals surface area contributed by atoms with Crippen LogP contribution in [0.25, 0.3) is 11.0 Å². The number of hydrogen-bond donors (Lipinski definition) is 3. The van der Waals surface area contributed by atoms with Crippen LogP contribution >= 0.6 is 23.8 Å². The number of aromatic nitrogens is 1. The van der Waals surface area contributed by atoms with Crippen LogP contribution in [-0.4, -0.2) is 16.2 Å². The lowest BCUT2D eigenvalue weighted by Gasteiger charge is -2.11. The number of rotatable bonds is 3. The summed E-state index contributed by atoms with van der Waals surface area (Å²) in [4.78, 5) is 12.0. The van der Waals surface area contributed by atoms with Gasteiger partial charge < -0.3 is 9.84 Å². The lowest BCUT2D eigenvalue weighted by atomic mass is 10.2. The molecule has 2 aromatic carbocycles. The molecule has 0 unspecified atom stereocenters. The second-order valence-corrected chi connectivity index (χ2v) is 5.78. The zero-order chi connectivity index (χ0) is 16.9. The van der Waals surface area contributed by atoms with Crippen LogP contribution in [0.3, 0.4) is 0 Å². The van der Waals surface area contributed by atoms with E-state index in [0.29, 0.717) is 16.3 Å². The van der Waals surface area contributed by atoms with Crippen molar-refractivity contribution in [2.45, 2.75) is 6.42 Å². The van der Waals surface area contributed by atoms with E-state index in [2.05, 4.69) is 21.3 Å². The molecule has 0 aliphatic rings. The number of para-hydroxylation sites is 1. The third-order valence-electron chi connectivity index (χ3n) is 3.18. The van der Waals surface area contributed by atoms with Gasteiger partial charge in [0.1, 0.15) is 5.69 Å². The van der Waals surface area contributed by atoms with E-state index in [1.807, 2.05) is 24.3 Å². The predicted molar refractivity (Wildman–Crippen MR) is 96.7 cm³/mol. The van der Waals surface area contributed by atoms with E-state index in [9.17, 15) is 4.79 Å². The first-order chi connectivity index (χ1) is 11.6. The Morgan fingerprint density at radius 2 is 2.00 bits per heavy atom. The first kappa shape index (κ1) is 16.2. The van der Waals surface area contributed by atoms with Crippen LogP contribution in [0, 0.1) is 0 Å².